The average Bonchev–Trinajstić information content (AvgIpc) is 2.34. The minimum absolute atomic E-state index is 0.476. The highest BCUT2D eigenvalue weighted by molar-refractivity contribution is 4.97. The molecule has 1 N–H and O–H groups in total. The molecule has 1 aliphatic rings. The molecule has 2 heteroatoms. The second kappa shape index (κ2) is 7.88. The van der Waals surface area contributed by atoms with Crippen LogP contribution in [0.4, 0.5) is 0 Å². The molecule has 100 valence electrons. The third-order valence-corrected chi connectivity index (χ3v) is 3.63. The maximum atomic E-state index is 6.04. The number of hydrogen-bond acceptors (Lipinski definition) is 2. The van der Waals surface area contributed by atoms with Crippen LogP contribution in [0.15, 0.2) is 12.2 Å². The molecule has 1 rings (SSSR count). The number of ether oxygens (including phenoxy) is 1. The lowest BCUT2D eigenvalue weighted by molar-refractivity contribution is -0.000943. The summed E-state index contributed by atoms with van der Waals surface area (Å²) in [6.45, 7) is 12.3. The first-order valence-corrected chi connectivity index (χ1v) is 7.15. The van der Waals surface area contributed by atoms with Crippen molar-refractivity contribution in [3.63, 3.8) is 0 Å². The van der Waals surface area contributed by atoms with E-state index in [-0.39, 0.29) is 0 Å². The topological polar surface area (TPSA) is 21.3 Å². The van der Waals surface area contributed by atoms with Crippen LogP contribution in [0.3, 0.4) is 0 Å². The van der Waals surface area contributed by atoms with Crippen LogP contribution < -0.4 is 5.32 Å². The van der Waals surface area contributed by atoms with Crippen LogP contribution in [-0.4, -0.2) is 25.3 Å². The van der Waals surface area contributed by atoms with Gasteiger partial charge in [0.2, 0.25) is 0 Å². The van der Waals surface area contributed by atoms with Crippen molar-refractivity contribution < 1.29 is 4.74 Å². The van der Waals surface area contributed by atoms with Gasteiger partial charge in [-0.05, 0) is 24.3 Å². The van der Waals surface area contributed by atoms with E-state index in [1.807, 2.05) is 0 Å². The highest BCUT2D eigenvalue weighted by Gasteiger charge is 2.24. The Morgan fingerprint density at radius 1 is 1.35 bits per heavy atom. The number of hydrogen-bond donors (Lipinski definition) is 1. The normalized spacial score (nSPS) is 25.2. The van der Waals surface area contributed by atoms with Crippen molar-refractivity contribution in [2.24, 2.45) is 5.92 Å². The van der Waals surface area contributed by atoms with Gasteiger partial charge in [-0.15, -0.1) is 0 Å². The molecule has 2 nitrogen and oxygen atoms in total. The zero-order chi connectivity index (χ0) is 12.7. The van der Waals surface area contributed by atoms with Gasteiger partial charge in [-0.1, -0.05) is 46.6 Å². The second-order valence-corrected chi connectivity index (χ2v) is 5.59. The quantitative estimate of drug-likeness (QED) is 0.686. The molecule has 0 aromatic carbocycles. The van der Waals surface area contributed by atoms with Gasteiger partial charge >= 0.3 is 0 Å². The molecule has 2 unspecified atom stereocenters. The minimum Gasteiger partial charge on any atom is -0.374 e. The van der Waals surface area contributed by atoms with E-state index in [0.29, 0.717) is 12.1 Å². The molecule has 1 saturated carbocycles. The summed E-state index contributed by atoms with van der Waals surface area (Å²) in [5.41, 5.74) is 1.17. The summed E-state index contributed by atoms with van der Waals surface area (Å²) in [5.74, 6) is 0.773. The molecule has 1 aliphatic carbocycles. The summed E-state index contributed by atoms with van der Waals surface area (Å²) in [5, 5.41) is 3.38. The SMILES string of the molecule is C=C(CNC(C)C)COC1CCCCC1CC. The largest absolute Gasteiger partial charge is 0.374 e. The van der Waals surface area contributed by atoms with Gasteiger partial charge in [0.25, 0.3) is 0 Å². The molecule has 0 aliphatic heterocycles. The highest BCUT2D eigenvalue weighted by Crippen LogP contribution is 2.29. The van der Waals surface area contributed by atoms with E-state index in [1.54, 1.807) is 0 Å². The Morgan fingerprint density at radius 2 is 2.06 bits per heavy atom. The van der Waals surface area contributed by atoms with Crippen molar-refractivity contribution in [2.75, 3.05) is 13.2 Å². The summed E-state index contributed by atoms with van der Waals surface area (Å²) in [7, 11) is 0. The monoisotopic (exact) mass is 239 g/mol. The predicted octanol–water partition coefficient (Wildman–Crippen LogP) is 3.53. The maximum absolute atomic E-state index is 6.04. The lowest BCUT2D eigenvalue weighted by atomic mass is 9.85. The summed E-state index contributed by atoms with van der Waals surface area (Å²) in [6.07, 6.45) is 7.03. The summed E-state index contributed by atoms with van der Waals surface area (Å²) < 4.78 is 6.04. The molecule has 0 heterocycles. The lowest BCUT2D eigenvalue weighted by Gasteiger charge is -2.31. The Morgan fingerprint density at radius 3 is 2.71 bits per heavy atom. The Kier molecular flexibility index (Phi) is 6.83. The first kappa shape index (κ1) is 14.7. The second-order valence-electron chi connectivity index (χ2n) is 5.59. The molecule has 0 bridgehead atoms. The highest BCUT2D eigenvalue weighted by atomic mass is 16.5. The van der Waals surface area contributed by atoms with Gasteiger partial charge in [-0.25, -0.2) is 0 Å². The Bertz CT molecular complexity index is 225. The molecular weight excluding hydrogens is 210 g/mol. The van der Waals surface area contributed by atoms with Crippen LogP contribution in [0, 0.1) is 5.92 Å². The van der Waals surface area contributed by atoms with Crippen molar-refractivity contribution in [2.45, 2.75) is 65.0 Å². The van der Waals surface area contributed by atoms with E-state index in [1.165, 1.54) is 37.7 Å². The van der Waals surface area contributed by atoms with Gasteiger partial charge in [0.1, 0.15) is 0 Å². The van der Waals surface area contributed by atoms with Crippen LogP contribution >= 0.6 is 0 Å². The first-order valence-electron chi connectivity index (χ1n) is 7.15. The molecule has 0 amide bonds. The number of rotatable bonds is 7. The lowest BCUT2D eigenvalue weighted by Crippen LogP contribution is -2.30. The first-order chi connectivity index (χ1) is 8.13. The van der Waals surface area contributed by atoms with E-state index in [4.69, 9.17) is 4.74 Å². The van der Waals surface area contributed by atoms with Crippen LogP contribution in [0.2, 0.25) is 0 Å². The van der Waals surface area contributed by atoms with Crippen molar-refractivity contribution in [3.05, 3.63) is 12.2 Å². The molecule has 0 spiro atoms. The van der Waals surface area contributed by atoms with Crippen LogP contribution in [0.5, 0.6) is 0 Å². The Hall–Kier alpha value is -0.340. The molecule has 0 aromatic heterocycles. The molecule has 0 aromatic rings. The van der Waals surface area contributed by atoms with E-state index in [9.17, 15) is 0 Å². The summed E-state index contributed by atoms with van der Waals surface area (Å²) in [4.78, 5) is 0. The fourth-order valence-electron chi connectivity index (χ4n) is 2.48. The average molecular weight is 239 g/mol. The molecule has 0 saturated heterocycles. The smallest absolute Gasteiger partial charge is 0.0690 e. The van der Waals surface area contributed by atoms with Crippen molar-refractivity contribution in [3.8, 4) is 0 Å². The molecule has 0 radical (unpaired) electrons. The van der Waals surface area contributed by atoms with Crippen molar-refractivity contribution in [1.29, 1.82) is 0 Å². The van der Waals surface area contributed by atoms with Gasteiger partial charge in [0.05, 0.1) is 12.7 Å². The predicted molar refractivity (Wildman–Crippen MR) is 74.3 cm³/mol. The Labute approximate surface area is 107 Å². The van der Waals surface area contributed by atoms with Gasteiger partial charge in [-0.3, -0.25) is 0 Å². The van der Waals surface area contributed by atoms with Gasteiger partial charge in [0, 0.05) is 12.6 Å². The third-order valence-electron chi connectivity index (χ3n) is 3.63. The van der Waals surface area contributed by atoms with Crippen LogP contribution in [0.1, 0.15) is 52.9 Å². The summed E-state index contributed by atoms with van der Waals surface area (Å²) in [6, 6.07) is 0.518. The van der Waals surface area contributed by atoms with Crippen molar-refractivity contribution in [1.82, 2.24) is 5.32 Å². The maximum Gasteiger partial charge on any atom is 0.0690 e. The van der Waals surface area contributed by atoms with Gasteiger partial charge in [0.15, 0.2) is 0 Å². The van der Waals surface area contributed by atoms with E-state index >= 15 is 0 Å². The van der Waals surface area contributed by atoms with Gasteiger partial charge < -0.3 is 10.1 Å². The zero-order valence-corrected chi connectivity index (χ0v) is 11.8. The number of nitrogens with one attached hydrogen (secondary N) is 1. The zero-order valence-electron chi connectivity index (χ0n) is 11.8. The van der Waals surface area contributed by atoms with Crippen LogP contribution in [0.25, 0.3) is 0 Å². The minimum atomic E-state index is 0.476. The molecular formula is C15H29NO. The standard InChI is InChI=1S/C15H29NO/c1-5-14-8-6-7-9-15(14)17-11-13(4)10-16-12(2)3/h12,14-16H,4-11H2,1-3H3. The third kappa shape index (κ3) is 5.69. The molecule has 1 fully saturated rings. The fraction of sp³-hybridized carbons (Fsp3) is 0.867. The van der Waals surface area contributed by atoms with E-state index in [2.05, 4.69) is 32.7 Å². The van der Waals surface area contributed by atoms with E-state index in [0.717, 1.165) is 19.1 Å². The van der Waals surface area contributed by atoms with Crippen molar-refractivity contribution >= 4 is 0 Å². The molecule has 2 atom stereocenters. The van der Waals surface area contributed by atoms with Crippen LogP contribution in [-0.2, 0) is 4.74 Å². The van der Waals surface area contributed by atoms with E-state index < -0.39 is 0 Å². The fourth-order valence-corrected chi connectivity index (χ4v) is 2.48. The Balaban J connectivity index is 2.21. The van der Waals surface area contributed by atoms with Gasteiger partial charge in [-0.2, -0.15) is 0 Å². The summed E-state index contributed by atoms with van der Waals surface area (Å²) >= 11 is 0. The molecule has 17 heavy (non-hydrogen) atoms.